The zero-order valence-corrected chi connectivity index (χ0v) is 15.2. The van der Waals surface area contributed by atoms with Gasteiger partial charge in [-0.05, 0) is 67.6 Å². The van der Waals surface area contributed by atoms with Gasteiger partial charge in [0.2, 0.25) is 0 Å². The molecule has 0 radical (unpaired) electrons. The predicted octanol–water partition coefficient (Wildman–Crippen LogP) is 4.78. The van der Waals surface area contributed by atoms with Gasteiger partial charge in [0.1, 0.15) is 5.78 Å². The van der Waals surface area contributed by atoms with Crippen molar-refractivity contribution in [2.75, 3.05) is 7.11 Å². The molecule has 23 heavy (non-hydrogen) atoms. The summed E-state index contributed by atoms with van der Waals surface area (Å²) in [7, 11) is 1.87. The summed E-state index contributed by atoms with van der Waals surface area (Å²) in [5.41, 5.74) is 2.01. The molecule has 0 spiro atoms. The summed E-state index contributed by atoms with van der Waals surface area (Å²) >= 11 is 0. The highest BCUT2D eigenvalue weighted by Gasteiger charge is 2.59. The molecule has 2 nitrogen and oxygen atoms in total. The van der Waals surface area contributed by atoms with Crippen molar-refractivity contribution in [1.29, 1.82) is 0 Å². The molecule has 3 fully saturated rings. The summed E-state index contributed by atoms with van der Waals surface area (Å²) in [5, 5.41) is 0. The fraction of sp³-hybridized carbons (Fsp3) is 0.857. The second-order valence-electron chi connectivity index (χ2n) is 9.34. The Kier molecular flexibility index (Phi) is 3.58. The number of hydrogen-bond donors (Lipinski definition) is 0. The van der Waals surface area contributed by atoms with Crippen LogP contribution in [0, 0.1) is 34.5 Å². The van der Waals surface area contributed by atoms with Gasteiger partial charge in [-0.1, -0.05) is 32.4 Å². The molecule has 0 N–H and O–H groups in total. The summed E-state index contributed by atoms with van der Waals surface area (Å²) in [6.45, 7) is 7.17. The largest absolute Gasteiger partial charge is 0.381 e. The predicted molar refractivity (Wildman–Crippen MR) is 92.1 cm³/mol. The molecule has 4 rings (SSSR count). The van der Waals surface area contributed by atoms with Crippen LogP contribution in [-0.2, 0) is 9.53 Å². The van der Waals surface area contributed by atoms with Crippen molar-refractivity contribution in [1.82, 2.24) is 0 Å². The molecule has 3 saturated carbocycles. The molecule has 0 aromatic rings. The normalized spacial score (nSPS) is 52.4. The highest BCUT2D eigenvalue weighted by atomic mass is 16.5. The maximum absolute atomic E-state index is 12.5. The van der Waals surface area contributed by atoms with Gasteiger partial charge in [-0.2, -0.15) is 0 Å². The minimum atomic E-state index is -0.00177. The van der Waals surface area contributed by atoms with Crippen LogP contribution in [0.2, 0.25) is 0 Å². The Morgan fingerprint density at radius 1 is 1.17 bits per heavy atom. The Hall–Kier alpha value is -0.630. The average Bonchev–Trinajstić information content (AvgIpc) is 2.82. The first kappa shape index (κ1) is 15.9. The van der Waals surface area contributed by atoms with Gasteiger partial charge < -0.3 is 4.74 Å². The lowest BCUT2D eigenvalue weighted by atomic mass is 9.47. The third-order valence-corrected chi connectivity index (χ3v) is 8.44. The highest BCUT2D eigenvalue weighted by Crippen LogP contribution is 2.64. The Balaban J connectivity index is 1.67. The fourth-order valence-corrected chi connectivity index (χ4v) is 7.06. The van der Waals surface area contributed by atoms with E-state index in [1.54, 1.807) is 5.57 Å². The first-order valence-electron chi connectivity index (χ1n) is 9.66. The lowest BCUT2D eigenvalue weighted by Gasteiger charge is -2.58. The van der Waals surface area contributed by atoms with Gasteiger partial charge in [-0.3, -0.25) is 4.79 Å². The number of ketones is 1. The van der Waals surface area contributed by atoms with E-state index in [9.17, 15) is 4.79 Å². The van der Waals surface area contributed by atoms with Crippen LogP contribution in [-0.4, -0.2) is 19.0 Å². The molecular weight excluding hydrogens is 284 g/mol. The van der Waals surface area contributed by atoms with E-state index in [0.717, 1.165) is 37.5 Å². The van der Waals surface area contributed by atoms with Gasteiger partial charge in [-0.15, -0.1) is 0 Å². The van der Waals surface area contributed by atoms with Crippen LogP contribution in [0.25, 0.3) is 0 Å². The van der Waals surface area contributed by atoms with Gasteiger partial charge in [0.25, 0.3) is 0 Å². The van der Waals surface area contributed by atoms with E-state index in [1.165, 1.54) is 19.3 Å². The van der Waals surface area contributed by atoms with Crippen LogP contribution < -0.4 is 0 Å². The molecule has 4 aliphatic rings. The lowest BCUT2D eigenvalue weighted by molar-refractivity contribution is -0.132. The summed E-state index contributed by atoms with van der Waals surface area (Å²) in [4.78, 5) is 12.5. The molecule has 128 valence electrons. The maximum atomic E-state index is 12.5. The Bertz CT molecular complexity index is 550. The number of ether oxygens (including phenoxy) is 1. The van der Waals surface area contributed by atoms with Crippen LogP contribution >= 0.6 is 0 Å². The van der Waals surface area contributed by atoms with Crippen molar-refractivity contribution in [2.24, 2.45) is 34.5 Å². The van der Waals surface area contributed by atoms with Crippen LogP contribution in [0.1, 0.15) is 65.7 Å². The van der Waals surface area contributed by atoms with E-state index < -0.39 is 0 Å². The van der Waals surface area contributed by atoms with Gasteiger partial charge >= 0.3 is 0 Å². The van der Waals surface area contributed by atoms with E-state index in [4.69, 9.17) is 4.74 Å². The number of allylic oxidation sites excluding steroid dienone is 1. The highest BCUT2D eigenvalue weighted by molar-refractivity contribution is 5.87. The number of rotatable bonds is 1. The van der Waals surface area contributed by atoms with Crippen LogP contribution in [0.5, 0.6) is 0 Å². The number of Topliss-reactive ketones (excluding diaryl/α,β-unsaturated/α-hetero) is 1. The maximum Gasteiger partial charge on any atom is 0.139 e. The Morgan fingerprint density at radius 3 is 2.65 bits per heavy atom. The molecule has 7 atom stereocenters. The molecule has 0 bridgehead atoms. The van der Waals surface area contributed by atoms with Crippen LogP contribution in [0.3, 0.4) is 0 Å². The minimum absolute atomic E-state index is 0.00177. The Labute approximate surface area is 141 Å². The van der Waals surface area contributed by atoms with Crippen molar-refractivity contribution < 1.29 is 9.53 Å². The number of fused-ring (bicyclic) bond motifs is 5. The summed E-state index contributed by atoms with van der Waals surface area (Å²) in [6.07, 6.45) is 10.9. The quantitative estimate of drug-likeness (QED) is 0.651. The Morgan fingerprint density at radius 2 is 1.91 bits per heavy atom. The van der Waals surface area contributed by atoms with Gasteiger partial charge in [0, 0.05) is 18.9 Å². The zero-order valence-electron chi connectivity index (χ0n) is 15.2. The molecule has 0 aromatic heterocycles. The fourth-order valence-electron chi connectivity index (χ4n) is 7.06. The first-order chi connectivity index (χ1) is 10.9. The van der Waals surface area contributed by atoms with E-state index in [-0.39, 0.29) is 5.41 Å². The van der Waals surface area contributed by atoms with Gasteiger partial charge in [0.15, 0.2) is 0 Å². The third kappa shape index (κ3) is 2.06. The standard InChI is InChI=1S/C21H32O2/c1-13-12-21(3)14(11-18(13)23-4)5-6-15-16-7-8-19(22)20(16,2)10-9-17(15)21/h5,13,15-18H,6-12H2,1-4H3/t13-,15+,16+,17+,18?,20+,21+/m1/s1. The second-order valence-corrected chi connectivity index (χ2v) is 9.34. The molecule has 4 aliphatic carbocycles. The van der Waals surface area contributed by atoms with Crippen molar-refractivity contribution >= 4 is 5.78 Å². The number of carbonyl (C=O) groups is 1. The van der Waals surface area contributed by atoms with Crippen molar-refractivity contribution in [3.8, 4) is 0 Å². The smallest absolute Gasteiger partial charge is 0.139 e. The van der Waals surface area contributed by atoms with Crippen molar-refractivity contribution in [3.63, 3.8) is 0 Å². The number of hydrogen-bond acceptors (Lipinski definition) is 2. The first-order valence-corrected chi connectivity index (χ1v) is 9.66. The van der Waals surface area contributed by atoms with E-state index in [2.05, 4.69) is 26.8 Å². The minimum Gasteiger partial charge on any atom is -0.381 e. The number of carbonyl (C=O) groups excluding carboxylic acids is 1. The monoisotopic (exact) mass is 316 g/mol. The topological polar surface area (TPSA) is 26.3 Å². The lowest BCUT2D eigenvalue weighted by Crippen LogP contribution is -2.51. The summed E-state index contributed by atoms with van der Waals surface area (Å²) in [5.74, 6) is 3.35. The van der Waals surface area contributed by atoms with E-state index in [1.807, 2.05) is 7.11 Å². The third-order valence-electron chi connectivity index (χ3n) is 8.44. The van der Waals surface area contributed by atoms with Crippen LogP contribution in [0.4, 0.5) is 0 Å². The van der Waals surface area contributed by atoms with Crippen molar-refractivity contribution in [3.05, 3.63) is 11.6 Å². The van der Waals surface area contributed by atoms with E-state index in [0.29, 0.717) is 29.1 Å². The zero-order chi connectivity index (χ0) is 16.4. The molecule has 2 heteroatoms. The van der Waals surface area contributed by atoms with Crippen molar-refractivity contribution in [2.45, 2.75) is 71.8 Å². The molecule has 0 saturated heterocycles. The SMILES string of the molecule is COC1CC2=CC[C@@H]3[C@H](CC[C@]4(C)C(=O)CC[C@@H]34)[C@@]2(C)C[C@H]1C. The van der Waals surface area contributed by atoms with Crippen LogP contribution in [0.15, 0.2) is 11.6 Å². The van der Waals surface area contributed by atoms with Gasteiger partial charge in [-0.25, -0.2) is 0 Å². The number of methoxy groups -OCH3 is 1. The molecule has 0 heterocycles. The van der Waals surface area contributed by atoms with Gasteiger partial charge in [0.05, 0.1) is 6.10 Å². The summed E-state index contributed by atoms with van der Waals surface area (Å²) < 4.78 is 5.75. The molecule has 1 unspecified atom stereocenters. The second kappa shape index (κ2) is 5.18. The summed E-state index contributed by atoms with van der Waals surface area (Å²) in [6, 6.07) is 0. The average molecular weight is 316 g/mol. The molecule has 0 aliphatic heterocycles. The molecule has 0 aromatic carbocycles. The van der Waals surface area contributed by atoms with E-state index >= 15 is 0 Å². The molecule has 0 amide bonds. The molecular formula is C21H32O2.